The molecule has 17 heavy (non-hydrogen) atoms. The Labute approximate surface area is 115 Å². The summed E-state index contributed by atoms with van der Waals surface area (Å²) in [6, 6.07) is 11.2. The van der Waals surface area contributed by atoms with Gasteiger partial charge in [-0.25, -0.2) is 0 Å². The molecule has 0 fully saturated rings. The zero-order chi connectivity index (χ0) is 12.3. The predicted molar refractivity (Wildman–Crippen MR) is 78.4 cm³/mol. The Kier molecular flexibility index (Phi) is 4.37. The van der Waals surface area contributed by atoms with Crippen molar-refractivity contribution in [1.82, 2.24) is 5.32 Å². The third kappa shape index (κ3) is 3.18. The molecule has 1 nitrogen and oxygen atoms in total. The van der Waals surface area contributed by atoms with Crippen LogP contribution in [-0.4, -0.2) is 0 Å². The van der Waals surface area contributed by atoms with Crippen molar-refractivity contribution < 1.29 is 0 Å². The van der Waals surface area contributed by atoms with Crippen molar-refractivity contribution in [3.8, 4) is 0 Å². The maximum absolute atomic E-state index is 3.62. The Bertz CT molecular complexity index is 467. The van der Waals surface area contributed by atoms with Gasteiger partial charge in [0.25, 0.3) is 0 Å². The lowest BCUT2D eigenvalue weighted by Gasteiger charge is -2.20. The van der Waals surface area contributed by atoms with E-state index in [9.17, 15) is 0 Å². The molecule has 0 aliphatic heterocycles. The van der Waals surface area contributed by atoms with Crippen LogP contribution in [0.15, 0.2) is 45.6 Å². The van der Waals surface area contributed by atoms with Crippen LogP contribution in [0.1, 0.15) is 37.1 Å². The number of nitrogens with one attached hydrogen (secondary N) is 1. The van der Waals surface area contributed by atoms with Crippen LogP contribution in [0.2, 0.25) is 0 Å². The lowest BCUT2D eigenvalue weighted by atomic mass is 10.1. The summed E-state index contributed by atoms with van der Waals surface area (Å²) >= 11 is 5.34. The first kappa shape index (κ1) is 12.8. The second-order valence-electron chi connectivity index (χ2n) is 4.19. The van der Waals surface area contributed by atoms with Gasteiger partial charge in [0.05, 0.1) is 0 Å². The standard InChI is InChI=1S/C14H16BrNS/c1-10(12-7-8-17-9-12)16-11(2)13-5-3-4-6-14(13)15/h3-11,16H,1-2H3/t10-,11+/m1/s1. The Morgan fingerprint density at radius 2 is 1.88 bits per heavy atom. The zero-order valence-corrected chi connectivity index (χ0v) is 12.4. The van der Waals surface area contributed by atoms with Crippen LogP contribution >= 0.6 is 27.3 Å². The SMILES string of the molecule is C[C@H](N[C@H](C)c1ccsc1)c1ccccc1Br. The van der Waals surface area contributed by atoms with E-state index in [0.717, 1.165) is 4.47 Å². The third-order valence-electron chi connectivity index (χ3n) is 2.91. The Balaban J connectivity index is 2.07. The molecule has 1 aromatic heterocycles. The van der Waals surface area contributed by atoms with E-state index < -0.39 is 0 Å². The van der Waals surface area contributed by atoms with Gasteiger partial charge in [-0.1, -0.05) is 34.1 Å². The van der Waals surface area contributed by atoms with E-state index in [-0.39, 0.29) is 0 Å². The number of thiophene rings is 1. The second kappa shape index (κ2) is 5.80. The van der Waals surface area contributed by atoms with Gasteiger partial charge in [0.15, 0.2) is 0 Å². The van der Waals surface area contributed by atoms with Crippen LogP contribution < -0.4 is 5.32 Å². The third-order valence-corrected chi connectivity index (χ3v) is 4.34. The second-order valence-corrected chi connectivity index (χ2v) is 5.82. The fourth-order valence-corrected chi connectivity index (χ4v) is 3.29. The number of hydrogen-bond acceptors (Lipinski definition) is 2. The molecule has 0 saturated carbocycles. The molecule has 90 valence electrons. The van der Waals surface area contributed by atoms with E-state index in [1.165, 1.54) is 11.1 Å². The summed E-state index contributed by atoms with van der Waals surface area (Å²) < 4.78 is 1.16. The first-order chi connectivity index (χ1) is 8.18. The van der Waals surface area contributed by atoms with Crippen LogP contribution in [0, 0.1) is 0 Å². The minimum Gasteiger partial charge on any atom is -0.304 e. The molecule has 0 radical (unpaired) electrons. The predicted octanol–water partition coefficient (Wildman–Crippen LogP) is 4.92. The zero-order valence-electron chi connectivity index (χ0n) is 9.98. The summed E-state index contributed by atoms with van der Waals surface area (Å²) in [5, 5.41) is 7.94. The highest BCUT2D eigenvalue weighted by Gasteiger charge is 2.13. The molecule has 0 unspecified atom stereocenters. The van der Waals surface area contributed by atoms with Crippen molar-refractivity contribution in [1.29, 1.82) is 0 Å². The summed E-state index contributed by atoms with van der Waals surface area (Å²) in [7, 11) is 0. The summed E-state index contributed by atoms with van der Waals surface area (Å²) in [4.78, 5) is 0. The van der Waals surface area contributed by atoms with Crippen LogP contribution in [0.25, 0.3) is 0 Å². The van der Waals surface area contributed by atoms with Gasteiger partial charge in [-0.3, -0.25) is 0 Å². The Morgan fingerprint density at radius 3 is 2.53 bits per heavy atom. The van der Waals surface area contributed by atoms with E-state index >= 15 is 0 Å². The van der Waals surface area contributed by atoms with Gasteiger partial charge in [0.2, 0.25) is 0 Å². The van der Waals surface area contributed by atoms with Gasteiger partial charge < -0.3 is 5.32 Å². The lowest BCUT2D eigenvalue weighted by Crippen LogP contribution is -2.22. The van der Waals surface area contributed by atoms with Gasteiger partial charge in [-0.05, 0) is 47.9 Å². The van der Waals surface area contributed by atoms with E-state index in [1.807, 2.05) is 6.07 Å². The first-order valence-electron chi connectivity index (χ1n) is 5.71. The number of benzene rings is 1. The lowest BCUT2D eigenvalue weighted by molar-refractivity contribution is 0.494. The van der Waals surface area contributed by atoms with Gasteiger partial charge >= 0.3 is 0 Å². The van der Waals surface area contributed by atoms with Gasteiger partial charge in [0, 0.05) is 16.6 Å². The molecule has 2 atom stereocenters. The van der Waals surface area contributed by atoms with Crippen molar-refractivity contribution >= 4 is 27.3 Å². The fourth-order valence-electron chi connectivity index (χ4n) is 1.91. The monoisotopic (exact) mass is 309 g/mol. The van der Waals surface area contributed by atoms with Crippen molar-refractivity contribution in [3.63, 3.8) is 0 Å². The first-order valence-corrected chi connectivity index (χ1v) is 7.44. The largest absolute Gasteiger partial charge is 0.304 e. The van der Waals surface area contributed by atoms with E-state index in [0.29, 0.717) is 12.1 Å². The average Bonchev–Trinajstić information content (AvgIpc) is 2.82. The molecule has 3 heteroatoms. The van der Waals surface area contributed by atoms with Crippen LogP contribution in [0.3, 0.4) is 0 Å². The van der Waals surface area contributed by atoms with Crippen LogP contribution in [-0.2, 0) is 0 Å². The topological polar surface area (TPSA) is 12.0 Å². The van der Waals surface area contributed by atoms with Crippen molar-refractivity contribution in [3.05, 3.63) is 56.7 Å². The quantitative estimate of drug-likeness (QED) is 0.845. The molecular weight excluding hydrogens is 294 g/mol. The molecule has 2 rings (SSSR count). The molecular formula is C14H16BrNS. The Morgan fingerprint density at radius 1 is 1.12 bits per heavy atom. The molecule has 1 heterocycles. The number of rotatable bonds is 4. The maximum atomic E-state index is 3.62. The van der Waals surface area contributed by atoms with Crippen molar-refractivity contribution in [2.45, 2.75) is 25.9 Å². The molecule has 0 bridgehead atoms. The minimum absolute atomic E-state index is 0.334. The van der Waals surface area contributed by atoms with Gasteiger partial charge in [-0.15, -0.1) is 0 Å². The van der Waals surface area contributed by atoms with E-state index in [4.69, 9.17) is 0 Å². The highest BCUT2D eigenvalue weighted by molar-refractivity contribution is 9.10. The molecule has 0 aliphatic carbocycles. The molecule has 0 saturated heterocycles. The molecule has 0 spiro atoms. The van der Waals surface area contributed by atoms with E-state index in [2.05, 4.69) is 70.1 Å². The van der Waals surface area contributed by atoms with Crippen molar-refractivity contribution in [2.75, 3.05) is 0 Å². The van der Waals surface area contributed by atoms with Crippen molar-refractivity contribution in [2.24, 2.45) is 0 Å². The highest BCUT2D eigenvalue weighted by atomic mass is 79.9. The summed E-state index contributed by atoms with van der Waals surface area (Å²) in [5.41, 5.74) is 2.66. The fraction of sp³-hybridized carbons (Fsp3) is 0.286. The van der Waals surface area contributed by atoms with E-state index in [1.54, 1.807) is 11.3 Å². The summed E-state index contributed by atoms with van der Waals surface area (Å²) in [5.74, 6) is 0. The summed E-state index contributed by atoms with van der Waals surface area (Å²) in [6.45, 7) is 4.40. The maximum Gasteiger partial charge on any atom is 0.0308 e. The van der Waals surface area contributed by atoms with Gasteiger partial charge in [-0.2, -0.15) is 11.3 Å². The Hall–Kier alpha value is -0.640. The normalized spacial score (nSPS) is 14.5. The molecule has 0 amide bonds. The number of halogens is 1. The highest BCUT2D eigenvalue weighted by Crippen LogP contribution is 2.26. The summed E-state index contributed by atoms with van der Waals surface area (Å²) in [6.07, 6.45) is 0. The minimum atomic E-state index is 0.334. The molecule has 1 N–H and O–H groups in total. The number of hydrogen-bond donors (Lipinski definition) is 1. The molecule has 2 aromatic rings. The van der Waals surface area contributed by atoms with Crippen LogP contribution in [0.4, 0.5) is 0 Å². The average molecular weight is 310 g/mol. The smallest absolute Gasteiger partial charge is 0.0308 e. The van der Waals surface area contributed by atoms with Gasteiger partial charge in [0.1, 0.15) is 0 Å². The van der Waals surface area contributed by atoms with Crippen LogP contribution in [0.5, 0.6) is 0 Å². The molecule has 0 aliphatic rings. The molecule has 1 aromatic carbocycles.